The van der Waals surface area contributed by atoms with Gasteiger partial charge in [-0.2, -0.15) is 22.0 Å². The number of carbonyl (C=O) groups excluding carboxylic acids is 1. The monoisotopic (exact) mass is 686 g/mol. The number of amides is 1. The maximum atomic E-state index is 14.4. The number of sulfonamides is 1. The molecular formula is C31H28F6N2O5S2. The smallest absolute Gasteiger partial charge is 0.416 e. The van der Waals surface area contributed by atoms with Gasteiger partial charge in [0.25, 0.3) is 10.0 Å². The Morgan fingerprint density at radius 3 is 2.46 bits per heavy atom. The first kappa shape index (κ1) is 32.4. The Balaban J connectivity index is 1.44. The number of halogens is 6. The molecule has 1 aliphatic heterocycles. The lowest BCUT2D eigenvalue weighted by Crippen LogP contribution is -2.50. The molecule has 0 spiro atoms. The third-order valence-corrected chi connectivity index (χ3v) is 11.4. The minimum Gasteiger partial charge on any atom is -0.486 e. The van der Waals surface area contributed by atoms with Gasteiger partial charge in [0.1, 0.15) is 23.4 Å². The summed E-state index contributed by atoms with van der Waals surface area (Å²) < 4.78 is 124. The van der Waals surface area contributed by atoms with Gasteiger partial charge in [0.15, 0.2) is 0 Å². The highest BCUT2D eigenvalue weighted by molar-refractivity contribution is 7.97. The Morgan fingerprint density at radius 2 is 1.78 bits per heavy atom. The van der Waals surface area contributed by atoms with Crippen molar-refractivity contribution < 1.29 is 49.0 Å². The van der Waals surface area contributed by atoms with Crippen LogP contribution in [0.25, 0.3) is 11.1 Å². The Kier molecular flexibility index (Phi) is 8.15. The Hall–Kier alpha value is -3.59. The molecule has 1 atom stereocenters. The Morgan fingerprint density at radius 1 is 1.04 bits per heavy atom. The first-order chi connectivity index (χ1) is 21.7. The van der Waals surface area contributed by atoms with E-state index in [4.69, 9.17) is 4.74 Å². The SMILES string of the molecule is CSNC(=O)C12CCC([C@H]3CN(S(=O)(=O)c4cccc(C(F)(F)F)c4)c4cc(-c5cc(F)cc(OC(F)F)c5)ccc4O3)(CC1)C2. The fraction of sp³-hybridized carbons (Fsp3) is 0.387. The number of alkyl halides is 5. The zero-order chi connectivity index (χ0) is 33.1. The second-order valence-electron chi connectivity index (χ2n) is 11.9. The third-order valence-electron chi connectivity index (χ3n) is 9.26. The lowest BCUT2D eigenvalue weighted by atomic mass is 9.78. The largest absolute Gasteiger partial charge is 0.486 e. The van der Waals surface area contributed by atoms with Gasteiger partial charge in [-0.05, 0) is 85.7 Å². The molecule has 46 heavy (non-hydrogen) atoms. The van der Waals surface area contributed by atoms with Gasteiger partial charge in [-0.25, -0.2) is 12.8 Å². The van der Waals surface area contributed by atoms with E-state index >= 15 is 0 Å². The summed E-state index contributed by atoms with van der Waals surface area (Å²) in [7, 11) is -4.64. The standard InChI is InChI=1S/C31H28F6N2O5S2/c1-45-38-27(40)30-9-7-29(17-30,8-10-30)26-16-39(46(41,42)23-4-2-3-20(14-23)31(35,36)37)24-13-18(5-6-25(24)44-26)19-11-21(32)15-22(12-19)43-28(33)34/h2-6,11-15,26,28H,7-10,16-17H2,1H3,(H,38,40)/t26-,29?,30?/m1/s1. The van der Waals surface area contributed by atoms with Crippen molar-refractivity contribution in [2.75, 3.05) is 17.1 Å². The molecule has 0 radical (unpaired) electrons. The van der Waals surface area contributed by atoms with Gasteiger partial charge in [0, 0.05) is 17.7 Å². The maximum Gasteiger partial charge on any atom is 0.416 e. The summed E-state index contributed by atoms with van der Waals surface area (Å²) in [6.07, 6.45) is -1.01. The average molecular weight is 687 g/mol. The van der Waals surface area contributed by atoms with Crippen LogP contribution in [-0.2, 0) is 21.0 Å². The van der Waals surface area contributed by atoms with Gasteiger partial charge < -0.3 is 9.47 Å². The normalized spacial score (nSPS) is 24.1. The van der Waals surface area contributed by atoms with E-state index in [9.17, 15) is 39.6 Å². The van der Waals surface area contributed by atoms with Crippen molar-refractivity contribution in [2.24, 2.45) is 10.8 Å². The molecular weight excluding hydrogens is 658 g/mol. The Bertz CT molecular complexity index is 1780. The summed E-state index contributed by atoms with van der Waals surface area (Å²) in [5.74, 6) is -1.32. The van der Waals surface area contributed by atoms with Crippen LogP contribution < -0.4 is 18.5 Å². The summed E-state index contributed by atoms with van der Waals surface area (Å²) >= 11 is 1.20. The highest BCUT2D eigenvalue weighted by atomic mass is 32.2. The number of hydrogen-bond donors (Lipinski definition) is 1. The van der Waals surface area contributed by atoms with E-state index in [2.05, 4.69) is 9.46 Å². The molecule has 1 heterocycles. The molecule has 2 fully saturated rings. The number of fused-ring (bicyclic) bond motifs is 3. The lowest BCUT2D eigenvalue weighted by Gasteiger charge is -2.43. The predicted molar refractivity (Wildman–Crippen MR) is 158 cm³/mol. The van der Waals surface area contributed by atoms with E-state index < -0.39 is 61.8 Å². The Labute approximate surface area is 265 Å². The van der Waals surface area contributed by atoms with Gasteiger partial charge in [-0.3, -0.25) is 13.8 Å². The number of nitrogens with one attached hydrogen (secondary N) is 1. The van der Waals surface area contributed by atoms with E-state index in [0.717, 1.165) is 40.7 Å². The van der Waals surface area contributed by atoms with Crippen molar-refractivity contribution in [3.8, 4) is 22.6 Å². The van der Waals surface area contributed by atoms with Crippen molar-refractivity contribution in [2.45, 2.75) is 55.9 Å². The minimum atomic E-state index is -4.80. The van der Waals surface area contributed by atoms with Crippen molar-refractivity contribution in [1.82, 2.24) is 4.72 Å². The topological polar surface area (TPSA) is 84.9 Å². The quantitative estimate of drug-likeness (QED) is 0.196. The average Bonchev–Trinajstić information content (AvgIpc) is 3.59. The van der Waals surface area contributed by atoms with Gasteiger partial charge in [-0.1, -0.05) is 24.1 Å². The molecule has 246 valence electrons. The van der Waals surface area contributed by atoms with Crippen LogP contribution in [0.1, 0.15) is 37.7 Å². The first-order valence-electron chi connectivity index (χ1n) is 14.3. The molecule has 6 rings (SSSR count). The van der Waals surface area contributed by atoms with Crippen LogP contribution in [0.4, 0.5) is 32.0 Å². The van der Waals surface area contributed by atoms with Crippen molar-refractivity contribution >= 4 is 33.6 Å². The van der Waals surface area contributed by atoms with Crippen molar-refractivity contribution in [1.29, 1.82) is 0 Å². The number of benzene rings is 3. The van der Waals surface area contributed by atoms with Crippen LogP contribution in [0, 0.1) is 16.6 Å². The second kappa shape index (κ2) is 11.6. The molecule has 2 saturated carbocycles. The van der Waals surface area contributed by atoms with E-state index in [1.165, 1.54) is 30.1 Å². The minimum absolute atomic E-state index is 0.0227. The van der Waals surface area contributed by atoms with Crippen LogP contribution in [0.15, 0.2) is 65.6 Å². The number of nitrogens with zero attached hydrogens (tertiary/aromatic N) is 1. The van der Waals surface area contributed by atoms with E-state index in [1.54, 1.807) is 6.26 Å². The molecule has 2 aliphatic carbocycles. The number of ether oxygens (including phenoxy) is 2. The van der Waals surface area contributed by atoms with Crippen LogP contribution in [0.5, 0.6) is 11.5 Å². The summed E-state index contributed by atoms with van der Waals surface area (Å²) in [6, 6.07) is 10.7. The van der Waals surface area contributed by atoms with Crippen molar-refractivity contribution in [3.63, 3.8) is 0 Å². The predicted octanol–water partition coefficient (Wildman–Crippen LogP) is 7.41. The summed E-state index contributed by atoms with van der Waals surface area (Å²) in [6.45, 7) is -3.48. The van der Waals surface area contributed by atoms with Crippen molar-refractivity contribution in [3.05, 3.63) is 72.0 Å². The molecule has 3 aromatic rings. The van der Waals surface area contributed by atoms with E-state index in [-0.39, 0.29) is 35.0 Å². The third kappa shape index (κ3) is 5.76. The summed E-state index contributed by atoms with van der Waals surface area (Å²) in [4.78, 5) is 12.4. The second-order valence-corrected chi connectivity index (χ2v) is 14.3. The molecule has 0 saturated heterocycles. The highest BCUT2D eigenvalue weighted by Crippen LogP contribution is 2.64. The number of carbonyl (C=O) groups is 1. The molecule has 0 unspecified atom stereocenters. The molecule has 15 heteroatoms. The van der Waals surface area contributed by atoms with Crippen LogP contribution >= 0.6 is 11.9 Å². The fourth-order valence-corrected chi connectivity index (χ4v) is 8.95. The zero-order valence-electron chi connectivity index (χ0n) is 24.2. The maximum absolute atomic E-state index is 14.4. The van der Waals surface area contributed by atoms with Crippen LogP contribution in [-0.4, -0.2) is 39.8 Å². The van der Waals surface area contributed by atoms with E-state index in [0.29, 0.717) is 38.2 Å². The first-order valence-corrected chi connectivity index (χ1v) is 16.9. The molecule has 2 bridgehead atoms. The van der Waals surface area contributed by atoms with Gasteiger partial charge >= 0.3 is 12.8 Å². The highest BCUT2D eigenvalue weighted by Gasteiger charge is 2.62. The molecule has 1 amide bonds. The van der Waals surface area contributed by atoms with Crippen LogP contribution in [0.3, 0.4) is 0 Å². The number of anilines is 1. The van der Waals surface area contributed by atoms with Gasteiger partial charge in [-0.15, -0.1) is 0 Å². The summed E-state index contributed by atoms with van der Waals surface area (Å²) in [5, 5.41) is 0. The summed E-state index contributed by atoms with van der Waals surface area (Å²) in [5.41, 5.74) is -2.06. The molecule has 3 aliphatic rings. The molecule has 7 nitrogen and oxygen atoms in total. The fourth-order valence-electron chi connectivity index (χ4n) is 7.04. The lowest BCUT2D eigenvalue weighted by molar-refractivity contribution is -0.137. The molecule has 0 aromatic heterocycles. The van der Waals surface area contributed by atoms with E-state index in [1.807, 2.05) is 0 Å². The van der Waals surface area contributed by atoms with Gasteiger partial charge in [0.2, 0.25) is 5.91 Å². The number of hydrogen-bond acceptors (Lipinski definition) is 6. The molecule has 1 N–H and O–H groups in total. The number of rotatable bonds is 8. The molecule has 3 aromatic carbocycles. The van der Waals surface area contributed by atoms with Gasteiger partial charge in [0.05, 0.1) is 28.1 Å². The van der Waals surface area contributed by atoms with Crippen LogP contribution in [0.2, 0.25) is 0 Å². The zero-order valence-corrected chi connectivity index (χ0v) is 25.9.